The molecule has 1 aliphatic carbocycles. The molecule has 4 aliphatic rings. The molecule has 16 heavy (non-hydrogen) atoms. The first-order valence-electron chi connectivity index (χ1n) is 5.08. The Morgan fingerprint density at radius 3 is 1.94 bits per heavy atom. The number of rotatable bonds is 0. The Morgan fingerprint density at radius 1 is 0.750 bits per heavy atom. The molecule has 3 aliphatic heterocycles. The van der Waals surface area contributed by atoms with Gasteiger partial charge in [-0.25, -0.2) is 0 Å². The molecule has 0 spiro atoms. The van der Waals surface area contributed by atoms with E-state index in [1.807, 2.05) is 0 Å². The Bertz CT molecular complexity index is 385. The second-order valence-corrected chi connectivity index (χ2v) is 15.6. The molecule has 84 valence electrons. The Kier molecular flexibility index (Phi) is 3.33. The summed E-state index contributed by atoms with van der Waals surface area (Å²) in [6, 6.07) is 0. The van der Waals surface area contributed by atoms with Gasteiger partial charge in [0.15, 0.2) is 0 Å². The van der Waals surface area contributed by atoms with E-state index in [9.17, 15) is 0 Å². The summed E-state index contributed by atoms with van der Waals surface area (Å²) in [5, 5.41) is 0. The van der Waals surface area contributed by atoms with Crippen LogP contribution in [0.2, 0.25) is 4.22 Å². The van der Waals surface area contributed by atoms with Crippen LogP contribution in [-0.4, -0.2) is 29.9 Å². The van der Waals surface area contributed by atoms with Gasteiger partial charge in [0.1, 0.15) is 0 Å². The van der Waals surface area contributed by atoms with Gasteiger partial charge in [0, 0.05) is 0 Å². The van der Waals surface area contributed by atoms with E-state index in [1.54, 1.807) is 25.9 Å². The maximum atomic E-state index is 2.11. The molecule has 0 atom stereocenters. The summed E-state index contributed by atoms with van der Waals surface area (Å²) in [5.41, 5.74) is 0. The molecule has 0 aromatic carbocycles. The predicted molar refractivity (Wildman–Crippen MR) is 81.6 cm³/mol. The van der Waals surface area contributed by atoms with Crippen LogP contribution in [0.25, 0.3) is 0 Å². The van der Waals surface area contributed by atoms with Crippen molar-refractivity contribution in [2.24, 2.45) is 0 Å². The average Bonchev–Trinajstić information content (AvgIpc) is 2.94. The summed E-state index contributed by atoms with van der Waals surface area (Å²) < 4.78 is 8.29. The standard InChI is InChI=1S/C10H8S4Se2/c1-2-5-6(3-1)12-7(11-5)8-13-9-10(14-8)16-4-15-9/h1-4H2. The Balaban J connectivity index is 1.56. The van der Waals surface area contributed by atoms with E-state index in [-0.39, 0.29) is 0 Å². The van der Waals surface area contributed by atoms with E-state index in [4.69, 9.17) is 0 Å². The zero-order chi connectivity index (χ0) is 10.5. The Morgan fingerprint density at radius 2 is 1.31 bits per heavy atom. The van der Waals surface area contributed by atoms with Gasteiger partial charge in [0.2, 0.25) is 0 Å². The van der Waals surface area contributed by atoms with Crippen molar-refractivity contribution in [3.63, 3.8) is 0 Å². The van der Waals surface area contributed by atoms with Crippen molar-refractivity contribution in [1.29, 1.82) is 0 Å². The summed E-state index contributed by atoms with van der Waals surface area (Å²) in [6.45, 7) is 0. The monoisotopic (exact) mass is 416 g/mol. The van der Waals surface area contributed by atoms with Gasteiger partial charge in [-0.3, -0.25) is 0 Å². The van der Waals surface area contributed by atoms with E-state index in [2.05, 4.69) is 47.0 Å². The van der Waals surface area contributed by atoms with E-state index in [0.29, 0.717) is 0 Å². The van der Waals surface area contributed by atoms with Crippen molar-refractivity contribution in [2.45, 2.75) is 23.5 Å². The fourth-order valence-electron chi connectivity index (χ4n) is 1.90. The van der Waals surface area contributed by atoms with Crippen molar-refractivity contribution in [2.75, 3.05) is 0 Å². The third-order valence-electron chi connectivity index (χ3n) is 2.63. The van der Waals surface area contributed by atoms with Crippen molar-refractivity contribution >= 4 is 77.0 Å². The number of hydrogen-bond donors (Lipinski definition) is 0. The molecule has 0 amide bonds. The van der Waals surface area contributed by atoms with Gasteiger partial charge in [-0.05, 0) is 0 Å². The third-order valence-corrected chi connectivity index (χ3v) is 16.7. The van der Waals surface area contributed by atoms with Crippen LogP contribution >= 0.6 is 47.0 Å². The fraction of sp³-hybridized carbons (Fsp3) is 0.400. The molecular weight excluding hydrogens is 406 g/mol. The van der Waals surface area contributed by atoms with E-state index < -0.39 is 0 Å². The van der Waals surface area contributed by atoms with Crippen LogP contribution in [0.3, 0.4) is 0 Å². The molecule has 4 rings (SSSR count). The predicted octanol–water partition coefficient (Wildman–Crippen LogP) is 4.39. The first kappa shape index (κ1) is 11.5. The van der Waals surface area contributed by atoms with Gasteiger partial charge in [0.05, 0.1) is 0 Å². The van der Waals surface area contributed by atoms with Gasteiger partial charge in [-0.15, -0.1) is 0 Å². The van der Waals surface area contributed by atoms with Crippen molar-refractivity contribution in [1.82, 2.24) is 0 Å². The zero-order valence-corrected chi connectivity index (χ0v) is 15.0. The molecule has 0 N–H and O–H groups in total. The molecule has 0 bridgehead atoms. The van der Waals surface area contributed by atoms with E-state index in [0.717, 1.165) is 29.9 Å². The molecule has 6 heteroatoms. The molecule has 0 nitrogen and oxygen atoms in total. The zero-order valence-electron chi connectivity index (χ0n) is 8.28. The molecule has 0 fully saturated rings. The van der Waals surface area contributed by atoms with Crippen molar-refractivity contribution in [3.8, 4) is 0 Å². The molecule has 0 saturated carbocycles. The molecular formula is C10H8S4Se2. The summed E-state index contributed by atoms with van der Waals surface area (Å²) >= 11 is 10.1. The number of hydrogen-bond acceptors (Lipinski definition) is 4. The van der Waals surface area contributed by atoms with Crippen LogP contribution in [0.1, 0.15) is 19.3 Å². The molecule has 0 radical (unpaired) electrons. The number of thioether (sulfide) groups is 4. The topological polar surface area (TPSA) is 0 Å². The van der Waals surface area contributed by atoms with E-state index >= 15 is 0 Å². The number of allylic oxidation sites excluding steroid dienone is 2. The minimum atomic E-state index is 0.833. The third kappa shape index (κ3) is 1.94. The molecule has 0 unspecified atom stereocenters. The Labute approximate surface area is 125 Å². The fourth-order valence-corrected chi connectivity index (χ4v) is 18.7. The van der Waals surface area contributed by atoms with Gasteiger partial charge in [0.25, 0.3) is 0 Å². The SMILES string of the molecule is C1CC2=C(C1)SC(=C1SC3=C(S1)[Se]C[Se]3)S2. The maximum absolute atomic E-state index is 2.11. The minimum absolute atomic E-state index is 0.833. The second-order valence-electron chi connectivity index (χ2n) is 3.66. The van der Waals surface area contributed by atoms with Crippen LogP contribution in [0, 0.1) is 0 Å². The average molecular weight is 414 g/mol. The van der Waals surface area contributed by atoms with Crippen LogP contribution in [0.15, 0.2) is 25.9 Å². The van der Waals surface area contributed by atoms with Gasteiger partial charge < -0.3 is 0 Å². The van der Waals surface area contributed by atoms with Gasteiger partial charge >= 0.3 is 126 Å². The first-order chi connectivity index (χ1) is 7.90. The van der Waals surface area contributed by atoms with Gasteiger partial charge in [-0.1, -0.05) is 0 Å². The quantitative estimate of drug-likeness (QED) is 0.539. The van der Waals surface area contributed by atoms with Crippen molar-refractivity contribution in [3.05, 3.63) is 25.9 Å². The van der Waals surface area contributed by atoms with Crippen LogP contribution < -0.4 is 0 Å². The normalized spacial score (nSPS) is 28.5. The van der Waals surface area contributed by atoms with Crippen LogP contribution in [-0.2, 0) is 0 Å². The molecule has 3 heterocycles. The summed E-state index contributed by atoms with van der Waals surface area (Å²) in [4.78, 5) is 3.38. The Hall–Kier alpha value is 1.66. The summed E-state index contributed by atoms with van der Waals surface area (Å²) in [5.74, 6) is 0. The second kappa shape index (κ2) is 4.64. The summed E-state index contributed by atoms with van der Waals surface area (Å²) in [7, 11) is 0. The summed E-state index contributed by atoms with van der Waals surface area (Å²) in [6.07, 6.45) is 4.09. The molecule has 0 saturated heterocycles. The van der Waals surface area contributed by atoms with Crippen LogP contribution in [0.5, 0.6) is 0 Å². The van der Waals surface area contributed by atoms with E-state index in [1.165, 1.54) is 23.5 Å². The van der Waals surface area contributed by atoms with Crippen molar-refractivity contribution < 1.29 is 0 Å². The van der Waals surface area contributed by atoms with Gasteiger partial charge in [-0.2, -0.15) is 0 Å². The molecule has 0 aromatic rings. The first-order valence-corrected chi connectivity index (χ1v) is 12.5. The molecule has 0 aromatic heterocycles. The van der Waals surface area contributed by atoms with Crippen LogP contribution in [0.4, 0.5) is 0 Å².